The number of amides is 1. The molecular formula is C20H17F2N3O3. The molecule has 0 fully saturated rings. The first-order valence-corrected chi connectivity index (χ1v) is 8.70. The van der Waals surface area contributed by atoms with E-state index in [9.17, 15) is 18.7 Å². The highest BCUT2D eigenvalue weighted by atomic mass is 19.3. The third kappa shape index (κ3) is 2.95. The van der Waals surface area contributed by atoms with Crippen molar-refractivity contribution in [3.63, 3.8) is 0 Å². The van der Waals surface area contributed by atoms with E-state index < -0.39 is 18.1 Å². The second kappa shape index (κ2) is 6.49. The molecule has 0 spiro atoms. The molecule has 2 heterocycles. The van der Waals surface area contributed by atoms with Crippen molar-refractivity contribution >= 4 is 22.6 Å². The minimum atomic E-state index is -4.05. The second-order valence-corrected chi connectivity index (χ2v) is 6.63. The van der Waals surface area contributed by atoms with E-state index in [1.807, 2.05) is 6.07 Å². The maximum absolute atomic E-state index is 14.3. The number of aromatic nitrogens is 2. The van der Waals surface area contributed by atoms with Crippen LogP contribution in [0.15, 0.2) is 42.5 Å². The predicted molar refractivity (Wildman–Crippen MR) is 98.1 cm³/mol. The Labute approximate surface area is 159 Å². The fourth-order valence-corrected chi connectivity index (χ4v) is 3.21. The van der Waals surface area contributed by atoms with Crippen LogP contribution in [0.5, 0.6) is 5.75 Å². The molecule has 28 heavy (non-hydrogen) atoms. The first-order chi connectivity index (χ1) is 13.3. The lowest BCUT2D eigenvalue weighted by Gasteiger charge is -2.34. The van der Waals surface area contributed by atoms with E-state index in [1.54, 1.807) is 31.2 Å². The summed E-state index contributed by atoms with van der Waals surface area (Å²) >= 11 is 0. The number of aliphatic hydroxyl groups is 1. The van der Waals surface area contributed by atoms with Gasteiger partial charge in [0.1, 0.15) is 0 Å². The van der Waals surface area contributed by atoms with Crippen LogP contribution in [0.3, 0.4) is 0 Å². The summed E-state index contributed by atoms with van der Waals surface area (Å²) < 4.78 is 33.3. The maximum Gasteiger partial charge on any atom is 0.483 e. The molecule has 0 bridgehead atoms. The number of fused-ring (bicyclic) bond motifs is 2. The van der Waals surface area contributed by atoms with Crippen LogP contribution in [0, 0.1) is 6.92 Å². The van der Waals surface area contributed by atoms with Crippen LogP contribution < -0.4 is 9.64 Å². The van der Waals surface area contributed by atoms with Gasteiger partial charge in [0.2, 0.25) is 0 Å². The number of ether oxygens (including phenoxy) is 1. The Morgan fingerprint density at radius 1 is 1.14 bits per heavy atom. The number of hydrogen-bond acceptors (Lipinski definition) is 5. The zero-order valence-corrected chi connectivity index (χ0v) is 15.2. The number of para-hydroxylation sites is 3. The van der Waals surface area contributed by atoms with E-state index in [2.05, 4.69) is 14.7 Å². The Hall–Kier alpha value is -3.13. The minimum absolute atomic E-state index is 0.156. The lowest BCUT2D eigenvalue weighted by atomic mass is 10.1. The number of nitrogens with zero attached hydrogens (tertiary/aromatic N) is 3. The molecule has 3 aromatic rings. The highest BCUT2D eigenvalue weighted by Gasteiger charge is 2.51. The number of anilines is 1. The Bertz CT molecular complexity index is 1090. The number of carbonyl (C=O) groups is 1. The average molecular weight is 385 g/mol. The van der Waals surface area contributed by atoms with E-state index in [0.29, 0.717) is 22.4 Å². The number of aliphatic hydroxyl groups excluding tert-OH is 1. The Morgan fingerprint density at radius 3 is 2.50 bits per heavy atom. The van der Waals surface area contributed by atoms with Gasteiger partial charge in [-0.2, -0.15) is 8.78 Å². The molecule has 2 aromatic carbocycles. The van der Waals surface area contributed by atoms with Gasteiger partial charge in [-0.3, -0.25) is 9.69 Å². The molecule has 8 heteroatoms. The molecule has 0 aliphatic carbocycles. The van der Waals surface area contributed by atoms with Gasteiger partial charge < -0.3 is 9.84 Å². The van der Waals surface area contributed by atoms with Crippen LogP contribution in [-0.2, 0) is 11.3 Å². The van der Waals surface area contributed by atoms with Gasteiger partial charge in [0.25, 0.3) is 0 Å². The summed E-state index contributed by atoms with van der Waals surface area (Å²) in [5, 5.41) is 9.90. The lowest BCUT2D eigenvalue weighted by Crippen LogP contribution is -2.50. The van der Waals surface area contributed by atoms with Crippen molar-refractivity contribution in [2.45, 2.75) is 32.6 Å². The third-order valence-corrected chi connectivity index (χ3v) is 4.64. The summed E-state index contributed by atoms with van der Waals surface area (Å²) in [7, 11) is 0. The molecule has 1 aliphatic rings. The minimum Gasteiger partial charge on any atom is -0.423 e. The van der Waals surface area contributed by atoms with Crippen LogP contribution in [0.25, 0.3) is 11.0 Å². The third-order valence-electron chi connectivity index (χ3n) is 4.64. The summed E-state index contributed by atoms with van der Waals surface area (Å²) in [5.41, 5.74) is 2.56. The van der Waals surface area contributed by atoms with E-state index in [1.165, 1.54) is 19.1 Å². The number of hydrogen-bond donors (Lipinski definition) is 1. The number of alkyl halides is 2. The fourth-order valence-electron chi connectivity index (χ4n) is 3.21. The first-order valence-electron chi connectivity index (χ1n) is 8.70. The Kier molecular flexibility index (Phi) is 4.23. The van der Waals surface area contributed by atoms with E-state index in [0.717, 1.165) is 4.90 Å². The molecule has 1 aliphatic heterocycles. The van der Waals surface area contributed by atoms with Crippen molar-refractivity contribution in [2.24, 2.45) is 0 Å². The van der Waals surface area contributed by atoms with Gasteiger partial charge in [-0.25, -0.2) is 9.97 Å². The maximum atomic E-state index is 14.3. The Morgan fingerprint density at radius 2 is 1.82 bits per heavy atom. The van der Waals surface area contributed by atoms with Crippen molar-refractivity contribution < 1.29 is 23.4 Å². The molecule has 0 saturated heterocycles. The monoisotopic (exact) mass is 385 g/mol. The normalized spacial score (nSPS) is 16.6. The number of aryl methyl sites for hydroxylation is 1. The van der Waals surface area contributed by atoms with Gasteiger partial charge in [0.05, 0.1) is 40.8 Å². The molecule has 0 saturated carbocycles. The average Bonchev–Trinajstić information content (AvgIpc) is 2.65. The van der Waals surface area contributed by atoms with E-state index >= 15 is 0 Å². The number of carbonyl (C=O) groups excluding carboxylic acids is 1. The van der Waals surface area contributed by atoms with Gasteiger partial charge >= 0.3 is 12.0 Å². The molecule has 1 atom stereocenters. The van der Waals surface area contributed by atoms with Crippen molar-refractivity contribution in [3.05, 3.63) is 59.4 Å². The zero-order chi connectivity index (χ0) is 20.1. The molecule has 0 radical (unpaired) electrons. The van der Waals surface area contributed by atoms with Gasteiger partial charge in [0.15, 0.2) is 5.75 Å². The summed E-state index contributed by atoms with van der Waals surface area (Å²) in [6, 6.07) is 11.8. The van der Waals surface area contributed by atoms with Crippen LogP contribution in [-0.4, -0.2) is 27.1 Å². The smallest absolute Gasteiger partial charge is 0.423 e. The van der Waals surface area contributed by atoms with Crippen molar-refractivity contribution in [2.75, 3.05) is 4.90 Å². The van der Waals surface area contributed by atoms with E-state index in [4.69, 9.17) is 0 Å². The molecule has 1 unspecified atom stereocenters. The van der Waals surface area contributed by atoms with E-state index in [-0.39, 0.29) is 23.5 Å². The van der Waals surface area contributed by atoms with Crippen LogP contribution in [0.1, 0.15) is 30.0 Å². The summed E-state index contributed by atoms with van der Waals surface area (Å²) in [6.45, 7) is 2.96. The topological polar surface area (TPSA) is 75.6 Å². The highest BCUT2D eigenvalue weighted by molar-refractivity contribution is 6.01. The highest BCUT2D eigenvalue weighted by Crippen LogP contribution is 2.44. The lowest BCUT2D eigenvalue weighted by molar-refractivity contribution is -0.193. The zero-order valence-electron chi connectivity index (χ0n) is 15.2. The van der Waals surface area contributed by atoms with Gasteiger partial charge in [-0.15, -0.1) is 0 Å². The fraction of sp³-hybridized carbons (Fsp3) is 0.250. The molecule has 4 rings (SSSR count). The van der Waals surface area contributed by atoms with Crippen molar-refractivity contribution in [1.82, 2.24) is 9.97 Å². The van der Waals surface area contributed by atoms with Crippen LogP contribution in [0.4, 0.5) is 14.5 Å². The molecule has 1 amide bonds. The Balaban J connectivity index is 1.83. The second-order valence-electron chi connectivity index (χ2n) is 6.63. The van der Waals surface area contributed by atoms with Crippen molar-refractivity contribution in [3.8, 4) is 5.75 Å². The SMILES string of the molecule is Cc1nc2ccccc2nc1CN1C(=O)C(F)(F)Oc2c(C(C)O)cccc21. The van der Waals surface area contributed by atoms with Crippen molar-refractivity contribution in [1.29, 1.82) is 0 Å². The van der Waals surface area contributed by atoms with Gasteiger partial charge in [0, 0.05) is 5.56 Å². The number of benzene rings is 2. The van der Waals surface area contributed by atoms with Crippen LogP contribution >= 0.6 is 0 Å². The largest absolute Gasteiger partial charge is 0.483 e. The standard InChI is InChI=1S/C20H17F2N3O3/c1-11-16(24-15-8-4-3-7-14(15)23-11)10-25-17-9-5-6-13(12(2)26)18(17)28-20(21,22)19(25)27/h3-9,12,26H,10H2,1-2H3. The first kappa shape index (κ1) is 18.2. The number of halogens is 2. The molecular weight excluding hydrogens is 368 g/mol. The number of rotatable bonds is 3. The van der Waals surface area contributed by atoms with Gasteiger partial charge in [-0.1, -0.05) is 24.3 Å². The molecule has 144 valence electrons. The predicted octanol–water partition coefficient (Wildman–Crippen LogP) is 3.51. The summed E-state index contributed by atoms with van der Waals surface area (Å²) in [5.74, 6) is -1.70. The van der Waals surface area contributed by atoms with Gasteiger partial charge in [-0.05, 0) is 32.0 Å². The molecule has 1 N–H and O–H groups in total. The summed E-state index contributed by atoms with van der Waals surface area (Å²) in [4.78, 5) is 22.3. The molecule has 6 nitrogen and oxygen atoms in total. The van der Waals surface area contributed by atoms with Crippen LogP contribution in [0.2, 0.25) is 0 Å². The summed E-state index contributed by atoms with van der Waals surface area (Å²) in [6.07, 6.45) is -5.08. The molecule has 1 aromatic heterocycles. The quantitative estimate of drug-likeness (QED) is 0.747.